The van der Waals surface area contributed by atoms with E-state index < -0.39 is 17.7 Å². The lowest BCUT2D eigenvalue weighted by atomic mass is 9.94. The molecule has 0 aliphatic carbocycles. The standard InChI is InChI=1S/C22H23NO6/c1-13-4-6-14(7-5-13)20(25)18-19(15-8-9-16(24)17(12-15)29-3)23(10-11-28-2)22(27)21(18)26/h4-9,12,19,24-25H,10-11H2,1-3H3/t19-/m1/s1. The maximum atomic E-state index is 12.8. The molecular formula is C22H23NO6. The molecule has 2 N–H and O–H groups in total. The van der Waals surface area contributed by atoms with Gasteiger partial charge in [0, 0.05) is 19.2 Å². The van der Waals surface area contributed by atoms with Crippen molar-refractivity contribution >= 4 is 17.4 Å². The summed E-state index contributed by atoms with van der Waals surface area (Å²) in [7, 11) is 2.91. The fourth-order valence-corrected chi connectivity index (χ4v) is 3.38. The maximum Gasteiger partial charge on any atom is 0.295 e. The van der Waals surface area contributed by atoms with E-state index in [1.54, 1.807) is 24.3 Å². The minimum atomic E-state index is -0.832. The fraction of sp³-hybridized carbons (Fsp3) is 0.273. The molecule has 0 spiro atoms. The first-order chi connectivity index (χ1) is 13.9. The molecule has 29 heavy (non-hydrogen) atoms. The van der Waals surface area contributed by atoms with Crippen molar-refractivity contribution in [2.24, 2.45) is 0 Å². The SMILES string of the molecule is COCCN1C(=O)C(=O)C(=C(O)c2ccc(C)cc2)[C@H]1c1ccc(O)c(OC)c1. The Bertz CT molecular complexity index is 964. The quantitative estimate of drug-likeness (QED) is 0.442. The van der Waals surface area contributed by atoms with Gasteiger partial charge in [-0.3, -0.25) is 9.59 Å². The number of carbonyl (C=O) groups is 2. The van der Waals surface area contributed by atoms with Crippen LogP contribution in [0.2, 0.25) is 0 Å². The Balaban J connectivity index is 2.18. The number of hydrogen-bond acceptors (Lipinski definition) is 6. The van der Waals surface area contributed by atoms with E-state index in [0.717, 1.165) is 5.56 Å². The number of rotatable bonds is 6. The Morgan fingerprint density at radius 1 is 1.10 bits per heavy atom. The van der Waals surface area contributed by atoms with Crippen LogP contribution in [0, 0.1) is 6.92 Å². The molecule has 0 unspecified atom stereocenters. The number of phenolic OH excluding ortho intramolecular Hbond substituents is 1. The van der Waals surface area contributed by atoms with E-state index >= 15 is 0 Å². The summed E-state index contributed by atoms with van der Waals surface area (Å²) >= 11 is 0. The summed E-state index contributed by atoms with van der Waals surface area (Å²) < 4.78 is 10.2. The van der Waals surface area contributed by atoms with Crippen molar-refractivity contribution in [3.63, 3.8) is 0 Å². The number of aliphatic hydroxyl groups is 1. The van der Waals surface area contributed by atoms with E-state index in [1.165, 1.54) is 25.2 Å². The summed E-state index contributed by atoms with van der Waals surface area (Å²) in [5, 5.41) is 20.8. The molecule has 0 radical (unpaired) electrons. The number of aromatic hydroxyl groups is 1. The molecule has 7 nitrogen and oxygen atoms in total. The predicted molar refractivity (Wildman–Crippen MR) is 107 cm³/mol. The number of aliphatic hydroxyl groups excluding tert-OH is 1. The molecule has 1 atom stereocenters. The largest absolute Gasteiger partial charge is 0.507 e. The van der Waals surface area contributed by atoms with Crippen molar-refractivity contribution in [2.45, 2.75) is 13.0 Å². The number of nitrogens with zero attached hydrogens (tertiary/aromatic N) is 1. The molecule has 3 rings (SSSR count). The van der Waals surface area contributed by atoms with Gasteiger partial charge in [-0.25, -0.2) is 0 Å². The molecule has 1 aliphatic rings. The lowest BCUT2D eigenvalue weighted by Crippen LogP contribution is -2.32. The maximum absolute atomic E-state index is 12.8. The third kappa shape index (κ3) is 3.82. The van der Waals surface area contributed by atoms with Crippen molar-refractivity contribution in [3.8, 4) is 11.5 Å². The molecule has 2 aromatic carbocycles. The lowest BCUT2D eigenvalue weighted by molar-refractivity contribution is -0.140. The average molecular weight is 397 g/mol. The zero-order valence-electron chi connectivity index (χ0n) is 16.5. The topological polar surface area (TPSA) is 96.3 Å². The number of phenols is 1. The summed E-state index contributed by atoms with van der Waals surface area (Å²) in [6, 6.07) is 10.8. The van der Waals surface area contributed by atoms with Gasteiger partial charge >= 0.3 is 0 Å². The van der Waals surface area contributed by atoms with Gasteiger partial charge in [0.15, 0.2) is 11.5 Å². The highest BCUT2D eigenvalue weighted by atomic mass is 16.5. The second kappa shape index (κ2) is 8.36. The van der Waals surface area contributed by atoms with Crippen LogP contribution < -0.4 is 4.74 Å². The van der Waals surface area contributed by atoms with Gasteiger partial charge in [0.05, 0.1) is 25.3 Å². The fourth-order valence-electron chi connectivity index (χ4n) is 3.38. The molecule has 0 saturated carbocycles. The highest BCUT2D eigenvalue weighted by Crippen LogP contribution is 2.41. The molecule has 1 aliphatic heterocycles. The number of ether oxygens (including phenoxy) is 2. The Morgan fingerprint density at radius 3 is 2.41 bits per heavy atom. The van der Waals surface area contributed by atoms with E-state index in [9.17, 15) is 19.8 Å². The average Bonchev–Trinajstić information content (AvgIpc) is 2.97. The molecular weight excluding hydrogens is 374 g/mol. The van der Waals surface area contributed by atoms with Crippen LogP contribution in [0.4, 0.5) is 0 Å². The van der Waals surface area contributed by atoms with Crippen LogP contribution in [0.1, 0.15) is 22.7 Å². The zero-order valence-corrected chi connectivity index (χ0v) is 16.5. The molecule has 0 aromatic heterocycles. The summed E-state index contributed by atoms with van der Waals surface area (Å²) in [6.45, 7) is 2.30. The minimum Gasteiger partial charge on any atom is -0.507 e. The zero-order chi connectivity index (χ0) is 21.1. The Hall–Kier alpha value is -3.32. The smallest absolute Gasteiger partial charge is 0.295 e. The van der Waals surface area contributed by atoms with Crippen molar-refractivity contribution in [1.82, 2.24) is 4.90 Å². The highest BCUT2D eigenvalue weighted by molar-refractivity contribution is 6.46. The van der Waals surface area contributed by atoms with Gasteiger partial charge in [-0.1, -0.05) is 35.9 Å². The number of benzene rings is 2. The van der Waals surface area contributed by atoms with Crippen LogP contribution in [0.25, 0.3) is 5.76 Å². The van der Waals surface area contributed by atoms with Gasteiger partial charge in [-0.15, -0.1) is 0 Å². The molecule has 2 aromatic rings. The molecule has 7 heteroatoms. The first kappa shape index (κ1) is 20.4. The number of ketones is 1. The second-order valence-corrected chi connectivity index (χ2v) is 6.78. The Labute approximate surface area is 168 Å². The highest BCUT2D eigenvalue weighted by Gasteiger charge is 2.46. The Kier molecular flexibility index (Phi) is 5.89. The summed E-state index contributed by atoms with van der Waals surface area (Å²) in [6.07, 6.45) is 0. The molecule has 1 saturated heterocycles. The van der Waals surface area contributed by atoms with Crippen LogP contribution in [0.5, 0.6) is 11.5 Å². The van der Waals surface area contributed by atoms with E-state index in [1.807, 2.05) is 19.1 Å². The van der Waals surface area contributed by atoms with Crippen LogP contribution in [0.3, 0.4) is 0 Å². The van der Waals surface area contributed by atoms with E-state index in [0.29, 0.717) is 11.1 Å². The van der Waals surface area contributed by atoms with Gasteiger partial charge < -0.3 is 24.6 Å². The summed E-state index contributed by atoms with van der Waals surface area (Å²) in [5.41, 5.74) is 1.96. The van der Waals surface area contributed by atoms with Crippen molar-refractivity contribution in [1.29, 1.82) is 0 Å². The van der Waals surface area contributed by atoms with Gasteiger partial charge in [-0.2, -0.15) is 0 Å². The van der Waals surface area contributed by atoms with Crippen molar-refractivity contribution < 1.29 is 29.3 Å². The van der Waals surface area contributed by atoms with E-state index in [2.05, 4.69) is 0 Å². The normalized spacial score (nSPS) is 18.3. The number of amides is 1. The number of methoxy groups -OCH3 is 2. The van der Waals surface area contributed by atoms with Gasteiger partial charge in [0.2, 0.25) is 0 Å². The Morgan fingerprint density at radius 2 is 1.79 bits per heavy atom. The number of Topliss-reactive ketones (excluding diaryl/α,β-unsaturated/α-hetero) is 1. The van der Waals surface area contributed by atoms with Crippen LogP contribution in [-0.2, 0) is 14.3 Å². The third-order valence-electron chi connectivity index (χ3n) is 4.92. The van der Waals surface area contributed by atoms with Crippen molar-refractivity contribution in [2.75, 3.05) is 27.4 Å². The molecule has 0 bridgehead atoms. The first-order valence-electron chi connectivity index (χ1n) is 9.10. The predicted octanol–water partition coefficient (Wildman–Crippen LogP) is 2.78. The molecule has 1 fully saturated rings. The van der Waals surface area contributed by atoms with Crippen LogP contribution >= 0.6 is 0 Å². The van der Waals surface area contributed by atoms with E-state index in [-0.39, 0.29) is 36.0 Å². The number of likely N-dealkylation sites (tertiary alicyclic amines) is 1. The minimum absolute atomic E-state index is 0.0114. The lowest BCUT2D eigenvalue weighted by Gasteiger charge is -2.25. The molecule has 1 heterocycles. The monoisotopic (exact) mass is 397 g/mol. The van der Waals surface area contributed by atoms with E-state index in [4.69, 9.17) is 9.47 Å². The first-order valence-corrected chi connectivity index (χ1v) is 9.10. The molecule has 152 valence electrons. The summed E-state index contributed by atoms with van der Waals surface area (Å²) in [4.78, 5) is 26.9. The van der Waals surface area contributed by atoms with Gasteiger partial charge in [0.1, 0.15) is 5.76 Å². The van der Waals surface area contributed by atoms with Gasteiger partial charge in [0.25, 0.3) is 11.7 Å². The number of carbonyl (C=O) groups excluding carboxylic acids is 2. The number of hydrogen-bond donors (Lipinski definition) is 2. The van der Waals surface area contributed by atoms with Gasteiger partial charge in [-0.05, 0) is 24.6 Å². The molecule has 1 amide bonds. The summed E-state index contributed by atoms with van der Waals surface area (Å²) in [5.74, 6) is -1.59. The second-order valence-electron chi connectivity index (χ2n) is 6.78. The van der Waals surface area contributed by atoms with Crippen molar-refractivity contribution in [3.05, 3.63) is 64.7 Å². The number of aryl methyl sites for hydroxylation is 1. The third-order valence-corrected chi connectivity index (χ3v) is 4.92. The van der Waals surface area contributed by atoms with Crippen LogP contribution in [0.15, 0.2) is 48.0 Å². The van der Waals surface area contributed by atoms with Crippen LogP contribution in [-0.4, -0.2) is 54.2 Å².